The number of rotatable bonds is 7. The van der Waals surface area contributed by atoms with E-state index >= 15 is 0 Å². The number of hydrogen-bond donors (Lipinski definition) is 1. The Morgan fingerprint density at radius 2 is 1.54 bits per heavy atom. The van der Waals surface area contributed by atoms with Crippen molar-refractivity contribution in [2.45, 2.75) is 49.5 Å². The third-order valence-corrected chi connectivity index (χ3v) is 9.84. The number of nitrogens with zero attached hydrogens (tertiary/aromatic N) is 3. The Labute approximate surface area is 230 Å². The molecule has 3 aliphatic heterocycles. The van der Waals surface area contributed by atoms with Gasteiger partial charge in [-0.25, -0.2) is 8.42 Å². The van der Waals surface area contributed by atoms with Crippen LogP contribution in [0.2, 0.25) is 0 Å². The van der Waals surface area contributed by atoms with Gasteiger partial charge in [-0.15, -0.1) is 0 Å². The maximum Gasteiger partial charge on any atom is 0.243 e. The van der Waals surface area contributed by atoms with Gasteiger partial charge in [0.15, 0.2) is 0 Å². The van der Waals surface area contributed by atoms with Gasteiger partial charge in [0.05, 0.1) is 16.3 Å². The van der Waals surface area contributed by atoms with Crippen molar-refractivity contribution in [2.24, 2.45) is 4.99 Å². The molecule has 3 heterocycles. The Morgan fingerprint density at radius 1 is 0.846 bits per heavy atom. The summed E-state index contributed by atoms with van der Waals surface area (Å²) in [5.74, 6) is -0.922. The van der Waals surface area contributed by atoms with Crippen molar-refractivity contribution in [2.75, 3.05) is 31.5 Å². The molecule has 1 unspecified atom stereocenters. The molecular weight excluding hydrogens is 508 g/mol. The lowest BCUT2D eigenvalue weighted by atomic mass is 9.90. The molecule has 0 bridgehead atoms. The van der Waals surface area contributed by atoms with E-state index in [4.69, 9.17) is 4.99 Å². The molecule has 0 radical (unpaired) electrons. The number of aliphatic imine (C=N–C) groups is 1. The van der Waals surface area contributed by atoms with Crippen LogP contribution in [0.4, 0.5) is 11.4 Å². The van der Waals surface area contributed by atoms with E-state index in [1.807, 2.05) is 42.5 Å². The molecule has 3 aromatic rings. The van der Waals surface area contributed by atoms with Crippen molar-refractivity contribution < 1.29 is 13.2 Å². The van der Waals surface area contributed by atoms with Crippen molar-refractivity contribution in [1.82, 2.24) is 9.21 Å². The quantitative estimate of drug-likeness (QED) is 0.410. The molecule has 3 aliphatic rings. The number of nitrogens with one attached hydrogen (secondary N) is 1. The molecule has 202 valence electrons. The summed E-state index contributed by atoms with van der Waals surface area (Å²) in [5.41, 5.74) is 4.71. The standard InChI is InChI=1S/C31H34N4O3S/c36-31-29(27-21-26(15-16-28(27)33-31)39(37,38)35-19-5-2-6-20-35)30(24-9-3-1-4-10-24)32-25-13-11-23(12-14-25)22-34-17-7-8-18-34/h1,3-4,9-16,21,29H,2,5-8,17-20,22H2,(H,33,36). The predicted octanol–water partition coefficient (Wildman–Crippen LogP) is 5.31. The zero-order chi connectivity index (χ0) is 26.8. The minimum atomic E-state index is -3.64. The zero-order valence-corrected chi connectivity index (χ0v) is 22.9. The van der Waals surface area contributed by atoms with E-state index in [0.29, 0.717) is 30.1 Å². The highest BCUT2D eigenvalue weighted by molar-refractivity contribution is 7.89. The lowest BCUT2D eigenvalue weighted by Gasteiger charge is -2.26. The van der Waals surface area contributed by atoms with Crippen LogP contribution in [0.5, 0.6) is 0 Å². The molecule has 1 amide bonds. The summed E-state index contributed by atoms with van der Waals surface area (Å²) in [6.45, 7) is 4.28. The van der Waals surface area contributed by atoms with E-state index in [2.05, 4.69) is 22.3 Å². The fraction of sp³-hybridized carbons (Fsp3) is 0.355. The topological polar surface area (TPSA) is 82.1 Å². The second kappa shape index (κ2) is 11.0. The number of sulfonamides is 1. The largest absolute Gasteiger partial charge is 0.325 e. The molecule has 2 fully saturated rings. The van der Waals surface area contributed by atoms with Gasteiger partial charge in [-0.2, -0.15) is 4.31 Å². The van der Waals surface area contributed by atoms with Crippen LogP contribution in [0.25, 0.3) is 0 Å². The number of anilines is 1. The Balaban J connectivity index is 1.36. The highest BCUT2D eigenvalue weighted by Gasteiger charge is 2.37. The van der Waals surface area contributed by atoms with Gasteiger partial charge in [0, 0.05) is 25.3 Å². The Morgan fingerprint density at radius 3 is 2.26 bits per heavy atom. The number of carbonyl (C=O) groups excluding carboxylic acids is 1. The van der Waals surface area contributed by atoms with Crippen LogP contribution in [-0.4, -0.2) is 55.4 Å². The first-order chi connectivity index (χ1) is 19.0. The third kappa shape index (κ3) is 5.41. The second-order valence-corrected chi connectivity index (χ2v) is 12.6. The number of benzene rings is 3. The smallest absolute Gasteiger partial charge is 0.243 e. The first-order valence-corrected chi connectivity index (χ1v) is 15.3. The minimum Gasteiger partial charge on any atom is -0.325 e. The first-order valence-electron chi connectivity index (χ1n) is 13.9. The molecule has 6 rings (SSSR count). The van der Waals surface area contributed by atoms with Gasteiger partial charge in [0.25, 0.3) is 0 Å². The van der Waals surface area contributed by atoms with Crippen LogP contribution in [0.1, 0.15) is 54.7 Å². The molecule has 39 heavy (non-hydrogen) atoms. The number of hydrogen-bond acceptors (Lipinski definition) is 5. The van der Waals surface area contributed by atoms with E-state index in [0.717, 1.165) is 50.1 Å². The zero-order valence-electron chi connectivity index (χ0n) is 22.1. The predicted molar refractivity (Wildman–Crippen MR) is 154 cm³/mol. The number of fused-ring (bicyclic) bond motifs is 1. The highest BCUT2D eigenvalue weighted by Crippen LogP contribution is 2.38. The average Bonchev–Trinajstić information content (AvgIpc) is 3.60. The van der Waals surface area contributed by atoms with Gasteiger partial charge < -0.3 is 5.32 Å². The molecule has 0 aliphatic carbocycles. The first kappa shape index (κ1) is 25.9. The van der Waals surface area contributed by atoms with E-state index in [9.17, 15) is 13.2 Å². The van der Waals surface area contributed by atoms with Crippen molar-refractivity contribution in [3.05, 3.63) is 89.5 Å². The SMILES string of the molecule is O=C1Nc2ccc(S(=O)(=O)N3CCCCC3)cc2C1C(=Nc1ccc(CN2CCCC2)cc1)c1ccccc1. The summed E-state index contributed by atoms with van der Waals surface area (Å²) in [7, 11) is -3.64. The summed E-state index contributed by atoms with van der Waals surface area (Å²) in [6, 6.07) is 22.9. The summed E-state index contributed by atoms with van der Waals surface area (Å²) >= 11 is 0. The van der Waals surface area contributed by atoms with Crippen LogP contribution in [0.3, 0.4) is 0 Å². The fourth-order valence-electron chi connectivity index (χ4n) is 5.84. The van der Waals surface area contributed by atoms with Crippen molar-refractivity contribution in [3.8, 4) is 0 Å². The van der Waals surface area contributed by atoms with Crippen LogP contribution in [-0.2, 0) is 21.4 Å². The Bertz CT molecular complexity index is 1470. The van der Waals surface area contributed by atoms with Gasteiger partial charge >= 0.3 is 0 Å². The van der Waals surface area contributed by atoms with Gasteiger partial charge in [0.2, 0.25) is 15.9 Å². The van der Waals surface area contributed by atoms with Gasteiger partial charge in [-0.3, -0.25) is 14.7 Å². The normalized spacial score (nSPS) is 20.7. The molecule has 2 saturated heterocycles. The van der Waals surface area contributed by atoms with Gasteiger partial charge in [0.1, 0.15) is 5.92 Å². The fourth-order valence-corrected chi connectivity index (χ4v) is 7.40. The average molecular weight is 543 g/mol. The Hall–Kier alpha value is -3.33. The van der Waals surface area contributed by atoms with Gasteiger partial charge in [-0.05, 0) is 85.8 Å². The van der Waals surface area contributed by atoms with Crippen LogP contribution in [0, 0.1) is 0 Å². The molecule has 3 aromatic carbocycles. The Kier molecular flexibility index (Phi) is 7.34. The highest BCUT2D eigenvalue weighted by atomic mass is 32.2. The van der Waals surface area contributed by atoms with Crippen LogP contribution in [0.15, 0.2) is 82.7 Å². The number of likely N-dealkylation sites (tertiary alicyclic amines) is 1. The van der Waals surface area contributed by atoms with Crippen molar-refractivity contribution in [3.63, 3.8) is 0 Å². The van der Waals surface area contributed by atoms with E-state index < -0.39 is 15.9 Å². The lowest BCUT2D eigenvalue weighted by molar-refractivity contribution is -0.115. The summed E-state index contributed by atoms with van der Waals surface area (Å²) in [5, 5.41) is 2.96. The summed E-state index contributed by atoms with van der Waals surface area (Å²) in [6.07, 6.45) is 5.30. The summed E-state index contributed by atoms with van der Waals surface area (Å²) in [4.78, 5) is 21.1. The molecule has 1 N–H and O–H groups in total. The maximum absolute atomic E-state index is 13.4. The van der Waals surface area contributed by atoms with Crippen LogP contribution < -0.4 is 5.32 Å². The van der Waals surface area contributed by atoms with Gasteiger partial charge in [-0.1, -0.05) is 48.9 Å². The lowest BCUT2D eigenvalue weighted by Crippen LogP contribution is -2.35. The molecule has 0 aromatic heterocycles. The summed E-state index contributed by atoms with van der Waals surface area (Å²) < 4.78 is 28.5. The van der Waals surface area contributed by atoms with E-state index in [1.165, 1.54) is 18.4 Å². The van der Waals surface area contributed by atoms with Crippen LogP contribution >= 0.6 is 0 Å². The van der Waals surface area contributed by atoms with E-state index in [1.54, 1.807) is 22.5 Å². The minimum absolute atomic E-state index is 0.203. The molecule has 8 heteroatoms. The number of piperidine rings is 1. The number of amides is 1. The third-order valence-electron chi connectivity index (χ3n) is 7.94. The maximum atomic E-state index is 13.4. The number of carbonyl (C=O) groups is 1. The molecular formula is C31H34N4O3S. The monoisotopic (exact) mass is 542 g/mol. The molecule has 0 spiro atoms. The van der Waals surface area contributed by atoms with Crippen molar-refractivity contribution >= 4 is 33.0 Å². The molecule has 0 saturated carbocycles. The van der Waals surface area contributed by atoms with Crippen molar-refractivity contribution in [1.29, 1.82) is 0 Å². The molecule has 7 nitrogen and oxygen atoms in total. The van der Waals surface area contributed by atoms with E-state index in [-0.39, 0.29) is 10.8 Å². The second-order valence-electron chi connectivity index (χ2n) is 10.6. The molecule has 1 atom stereocenters.